The van der Waals surface area contributed by atoms with Crippen LogP contribution in [-0.4, -0.2) is 17.2 Å². The van der Waals surface area contributed by atoms with Crippen LogP contribution in [0, 0.1) is 5.92 Å². The molecule has 2 atom stereocenters. The van der Waals surface area contributed by atoms with Crippen molar-refractivity contribution in [2.45, 2.75) is 12.3 Å². The molecule has 3 aromatic rings. The molecule has 3 aromatic carbocycles. The molecule has 1 amide bonds. The van der Waals surface area contributed by atoms with Crippen molar-refractivity contribution < 1.29 is 9.90 Å². The molecule has 0 radical (unpaired) electrons. The highest BCUT2D eigenvalue weighted by Gasteiger charge is 2.43. The molecular formula is C21H18N2O2. The van der Waals surface area contributed by atoms with Gasteiger partial charge >= 0.3 is 0 Å². The van der Waals surface area contributed by atoms with E-state index in [-0.39, 0.29) is 23.5 Å². The largest absolute Gasteiger partial charge is 0.507 e. The lowest BCUT2D eigenvalue weighted by Gasteiger charge is -2.05. The summed E-state index contributed by atoms with van der Waals surface area (Å²) in [6.45, 7) is 0. The van der Waals surface area contributed by atoms with Crippen molar-refractivity contribution in [3.63, 3.8) is 0 Å². The van der Waals surface area contributed by atoms with Crippen LogP contribution >= 0.6 is 0 Å². The number of nitrogens with one attached hydrogen (secondary N) is 1. The fourth-order valence-electron chi connectivity index (χ4n) is 3.22. The van der Waals surface area contributed by atoms with Crippen LogP contribution in [0.2, 0.25) is 0 Å². The zero-order valence-corrected chi connectivity index (χ0v) is 13.6. The van der Waals surface area contributed by atoms with E-state index in [9.17, 15) is 9.90 Å². The number of nitrogens with zero attached hydrogens (tertiary/aromatic N) is 1. The zero-order chi connectivity index (χ0) is 17.2. The molecule has 1 aliphatic carbocycles. The minimum absolute atomic E-state index is 0.0272. The summed E-state index contributed by atoms with van der Waals surface area (Å²) < 4.78 is 0. The van der Waals surface area contributed by atoms with Gasteiger partial charge in [-0.2, -0.15) is 5.10 Å². The van der Waals surface area contributed by atoms with Crippen molar-refractivity contribution in [2.75, 3.05) is 0 Å². The summed E-state index contributed by atoms with van der Waals surface area (Å²) in [5, 5.41) is 16.1. The van der Waals surface area contributed by atoms with Crippen molar-refractivity contribution in [1.29, 1.82) is 0 Å². The summed E-state index contributed by atoms with van der Waals surface area (Å²) in [6.07, 6.45) is 2.36. The van der Waals surface area contributed by atoms with Gasteiger partial charge in [0.2, 0.25) is 5.91 Å². The molecule has 0 aliphatic heterocycles. The van der Waals surface area contributed by atoms with Gasteiger partial charge in [-0.1, -0.05) is 60.7 Å². The minimum Gasteiger partial charge on any atom is -0.507 e. The number of fused-ring (bicyclic) bond motifs is 1. The van der Waals surface area contributed by atoms with Crippen molar-refractivity contribution in [3.05, 3.63) is 77.9 Å². The first-order valence-electron chi connectivity index (χ1n) is 8.32. The Morgan fingerprint density at radius 3 is 2.64 bits per heavy atom. The zero-order valence-electron chi connectivity index (χ0n) is 13.6. The van der Waals surface area contributed by atoms with Crippen LogP contribution in [0.1, 0.15) is 23.5 Å². The van der Waals surface area contributed by atoms with Crippen LogP contribution in [0.15, 0.2) is 71.8 Å². The molecule has 124 valence electrons. The maximum atomic E-state index is 12.2. The average molecular weight is 330 g/mol. The Balaban J connectivity index is 1.46. The van der Waals surface area contributed by atoms with Gasteiger partial charge in [-0.05, 0) is 34.7 Å². The Labute approximate surface area is 145 Å². The van der Waals surface area contributed by atoms with E-state index in [0.717, 1.165) is 17.2 Å². The molecule has 0 unspecified atom stereocenters. The lowest BCUT2D eigenvalue weighted by Crippen LogP contribution is -2.20. The second-order valence-corrected chi connectivity index (χ2v) is 6.31. The van der Waals surface area contributed by atoms with E-state index >= 15 is 0 Å². The monoisotopic (exact) mass is 330 g/mol. The Kier molecular flexibility index (Phi) is 3.94. The summed E-state index contributed by atoms with van der Waals surface area (Å²) in [4.78, 5) is 12.2. The van der Waals surface area contributed by atoms with Crippen LogP contribution in [0.4, 0.5) is 0 Å². The third kappa shape index (κ3) is 3.11. The number of rotatable bonds is 4. The van der Waals surface area contributed by atoms with Crippen molar-refractivity contribution in [2.24, 2.45) is 11.0 Å². The van der Waals surface area contributed by atoms with Gasteiger partial charge in [0.1, 0.15) is 5.75 Å². The highest BCUT2D eigenvalue weighted by atomic mass is 16.3. The number of carbonyl (C=O) groups excluding carboxylic acids is 1. The fourth-order valence-corrected chi connectivity index (χ4v) is 3.22. The lowest BCUT2D eigenvalue weighted by molar-refractivity contribution is -0.122. The first kappa shape index (κ1) is 15.4. The predicted octanol–water partition coefficient (Wildman–Crippen LogP) is 3.80. The number of hydrogen-bond acceptors (Lipinski definition) is 3. The molecular weight excluding hydrogens is 312 g/mol. The van der Waals surface area contributed by atoms with Crippen molar-refractivity contribution in [3.8, 4) is 5.75 Å². The van der Waals surface area contributed by atoms with Crippen LogP contribution in [0.25, 0.3) is 10.8 Å². The van der Waals surface area contributed by atoms with Crippen LogP contribution in [0.5, 0.6) is 5.75 Å². The molecule has 0 bridgehead atoms. The molecule has 1 aliphatic rings. The molecule has 25 heavy (non-hydrogen) atoms. The third-order valence-electron chi connectivity index (χ3n) is 4.67. The smallest absolute Gasteiger partial charge is 0.243 e. The van der Waals surface area contributed by atoms with Crippen LogP contribution < -0.4 is 5.43 Å². The normalized spacial score (nSPS) is 19.2. The summed E-state index contributed by atoms with van der Waals surface area (Å²) in [6, 6.07) is 21.3. The Morgan fingerprint density at radius 1 is 1.04 bits per heavy atom. The van der Waals surface area contributed by atoms with Gasteiger partial charge in [0.15, 0.2) is 0 Å². The summed E-state index contributed by atoms with van der Waals surface area (Å²) in [5.74, 6) is 0.318. The molecule has 4 heteroatoms. The maximum absolute atomic E-state index is 12.2. The van der Waals surface area contributed by atoms with Gasteiger partial charge in [-0.15, -0.1) is 0 Å². The number of hydrogen-bond donors (Lipinski definition) is 2. The molecule has 4 nitrogen and oxygen atoms in total. The van der Waals surface area contributed by atoms with Crippen LogP contribution in [0.3, 0.4) is 0 Å². The van der Waals surface area contributed by atoms with E-state index in [1.807, 2.05) is 48.5 Å². The van der Waals surface area contributed by atoms with E-state index in [0.29, 0.717) is 5.56 Å². The molecule has 0 saturated heterocycles. The maximum Gasteiger partial charge on any atom is 0.243 e. The van der Waals surface area contributed by atoms with Crippen LogP contribution in [-0.2, 0) is 4.79 Å². The minimum atomic E-state index is -0.0789. The number of carbonyl (C=O) groups is 1. The van der Waals surface area contributed by atoms with E-state index in [1.54, 1.807) is 6.07 Å². The molecule has 0 heterocycles. The highest BCUT2D eigenvalue weighted by Crippen LogP contribution is 2.47. The number of aromatic hydroxyl groups is 1. The molecule has 2 N–H and O–H groups in total. The number of phenolic OH excluding ortho intramolecular Hbond substituents is 1. The molecule has 1 saturated carbocycles. The number of phenols is 1. The standard InChI is InChI=1S/C21H18N2O2/c24-20-11-10-15-8-4-5-9-16(15)19(20)13-22-23-21(25)18-12-17(18)14-6-2-1-3-7-14/h1-11,13,17-18,24H,12H2,(H,23,25)/b22-13+/t17-,18-/m1/s1. The van der Waals surface area contributed by atoms with Gasteiger partial charge in [-0.25, -0.2) is 5.43 Å². The van der Waals surface area contributed by atoms with Gasteiger partial charge in [0, 0.05) is 11.5 Å². The number of benzene rings is 3. The van der Waals surface area contributed by atoms with E-state index in [1.165, 1.54) is 11.8 Å². The van der Waals surface area contributed by atoms with E-state index in [2.05, 4.69) is 22.7 Å². The second-order valence-electron chi connectivity index (χ2n) is 6.31. The lowest BCUT2D eigenvalue weighted by atomic mass is 10.0. The summed E-state index contributed by atoms with van der Waals surface area (Å²) >= 11 is 0. The Hall–Kier alpha value is -3.14. The Bertz CT molecular complexity index is 951. The number of hydrazone groups is 1. The van der Waals surface area contributed by atoms with Gasteiger partial charge in [0.05, 0.1) is 6.21 Å². The highest BCUT2D eigenvalue weighted by molar-refractivity contribution is 6.02. The van der Waals surface area contributed by atoms with Crippen molar-refractivity contribution in [1.82, 2.24) is 5.43 Å². The molecule has 0 spiro atoms. The first-order valence-corrected chi connectivity index (χ1v) is 8.32. The quantitative estimate of drug-likeness (QED) is 0.564. The average Bonchev–Trinajstić information content (AvgIpc) is 3.45. The molecule has 1 fully saturated rings. The topological polar surface area (TPSA) is 61.7 Å². The SMILES string of the molecule is O=C(N/N=C/c1c(O)ccc2ccccc12)[C@@H]1C[C@@H]1c1ccccc1. The van der Waals surface area contributed by atoms with Gasteiger partial charge in [-0.3, -0.25) is 4.79 Å². The number of amides is 1. The molecule has 4 rings (SSSR count). The Morgan fingerprint density at radius 2 is 1.80 bits per heavy atom. The van der Waals surface area contributed by atoms with E-state index in [4.69, 9.17) is 0 Å². The van der Waals surface area contributed by atoms with Gasteiger partial charge < -0.3 is 5.11 Å². The third-order valence-corrected chi connectivity index (χ3v) is 4.67. The summed E-state index contributed by atoms with van der Waals surface area (Å²) in [5.41, 5.74) is 4.40. The first-order chi connectivity index (χ1) is 12.2. The summed E-state index contributed by atoms with van der Waals surface area (Å²) in [7, 11) is 0. The molecule has 0 aromatic heterocycles. The van der Waals surface area contributed by atoms with E-state index < -0.39 is 0 Å². The predicted molar refractivity (Wildman–Crippen MR) is 98.6 cm³/mol. The second kappa shape index (κ2) is 6.40. The fraction of sp³-hybridized carbons (Fsp3) is 0.143. The van der Waals surface area contributed by atoms with Crippen molar-refractivity contribution >= 4 is 22.9 Å². The van der Waals surface area contributed by atoms with Gasteiger partial charge in [0.25, 0.3) is 0 Å².